The number of hydrogen-bond acceptors (Lipinski definition) is 7. The first-order valence-corrected chi connectivity index (χ1v) is 11.1. The zero-order valence-corrected chi connectivity index (χ0v) is 17.3. The van der Waals surface area contributed by atoms with Crippen LogP contribution in [0, 0.1) is 0 Å². The monoisotopic (exact) mass is 435 g/mol. The fourth-order valence-corrected chi connectivity index (χ4v) is 4.48. The van der Waals surface area contributed by atoms with Gasteiger partial charge in [-0.3, -0.25) is 9.36 Å². The van der Waals surface area contributed by atoms with Gasteiger partial charge in [0.05, 0.1) is 28.3 Å². The van der Waals surface area contributed by atoms with Crippen molar-refractivity contribution in [1.29, 1.82) is 0 Å². The van der Waals surface area contributed by atoms with Gasteiger partial charge >= 0.3 is 0 Å². The second kappa shape index (κ2) is 9.04. The number of amides is 1. The fraction of sp³-hybridized carbons (Fsp3) is 0.333. The number of halogens is 1. The number of ether oxygens (including phenoxy) is 1. The third-order valence-corrected chi connectivity index (χ3v) is 6.25. The first-order chi connectivity index (χ1) is 13.7. The van der Waals surface area contributed by atoms with Crippen LogP contribution in [0.4, 0.5) is 5.82 Å². The van der Waals surface area contributed by atoms with Gasteiger partial charge in [0.1, 0.15) is 5.82 Å². The number of aromatic nitrogens is 4. The molecule has 4 heterocycles. The molecule has 28 heavy (non-hydrogen) atoms. The second-order valence-electron chi connectivity index (χ2n) is 6.23. The molecular formula is C18H18ClN5O2S2. The molecule has 3 aromatic heterocycles. The SMILES string of the molecule is O=C(CSc1nnc(-c2cccs2)n1C[C@H]1CCCO1)Nc1ccc(Cl)cn1. The second-order valence-corrected chi connectivity index (χ2v) is 8.55. The maximum atomic E-state index is 12.3. The standard InChI is InChI=1S/C18H18ClN5O2S2/c19-12-5-6-15(20-9-12)21-16(25)11-28-18-23-22-17(14-4-2-8-27-14)24(18)10-13-3-1-7-26-13/h2,4-6,8-9,13H,1,3,7,10-11H2,(H,20,21,25)/t13-/m1/s1. The molecule has 0 bridgehead atoms. The highest BCUT2D eigenvalue weighted by atomic mass is 35.5. The minimum Gasteiger partial charge on any atom is -0.376 e. The Morgan fingerprint density at radius 1 is 1.39 bits per heavy atom. The van der Waals surface area contributed by atoms with Crippen molar-refractivity contribution in [3.63, 3.8) is 0 Å². The molecule has 3 aromatic rings. The molecule has 4 rings (SSSR count). The third-order valence-electron chi connectivity index (χ3n) is 4.20. The lowest BCUT2D eigenvalue weighted by molar-refractivity contribution is -0.113. The van der Waals surface area contributed by atoms with E-state index < -0.39 is 0 Å². The zero-order valence-electron chi connectivity index (χ0n) is 14.9. The molecule has 1 amide bonds. The summed E-state index contributed by atoms with van der Waals surface area (Å²) in [5, 5.41) is 14.7. The Morgan fingerprint density at radius 3 is 3.04 bits per heavy atom. The summed E-state index contributed by atoms with van der Waals surface area (Å²) in [6.45, 7) is 1.48. The number of thioether (sulfide) groups is 1. The van der Waals surface area contributed by atoms with Crippen molar-refractivity contribution in [3.05, 3.63) is 40.9 Å². The summed E-state index contributed by atoms with van der Waals surface area (Å²) in [6.07, 6.45) is 3.74. The molecule has 1 fully saturated rings. The van der Waals surface area contributed by atoms with Crippen LogP contribution in [-0.4, -0.2) is 44.1 Å². The van der Waals surface area contributed by atoms with Crippen molar-refractivity contribution >= 4 is 46.4 Å². The van der Waals surface area contributed by atoms with Crippen LogP contribution in [0.2, 0.25) is 5.02 Å². The summed E-state index contributed by atoms with van der Waals surface area (Å²) in [4.78, 5) is 17.4. The van der Waals surface area contributed by atoms with Crippen LogP contribution >= 0.6 is 34.7 Å². The topological polar surface area (TPSA) is 81.9 Å². The first kappa shape index (κ1) is 19.4. The molecule has 0 saturated carbocycles. The van der Waals surface area contributed by atoms with E-state index in [1.165, 1.54) is 18.0 Å². The van der Waals surface area contributed by atoms with E-state index in [9.17, 15) is 4.79 Å². The lowest BCUT2D eigenvalue weighted by Crippen LogP contribution is -2.18. The third kappa shape index (κ3) is 4.72. The Balaban J connectivity index is 1.45. The van der Waals surface area contributed by atoms with Gasteiger partial charge in [0.15, 0.2) is 11.0 Å². The Kier molecular flexibility index (Phi) is 6.26. The number of nitrogens with one attached hydrogen (secondary N) is 1. The van der Waals surface area contributed by atoms with Gasteiger partial charge in [0.2, 0.25) is 5.91 Å². The minimum atomic E-state index is -0.163. The minimum absolute atomic E-state index is 0.154. The molecule has 0 radical (unpaired) electrons. The summed E-state index contributed by atoms with van der Waals surface area (Å²) in [5.41, 5.74) is 0. The number of rotatable bonds is 7. The number of pyridine rings is 1. The number of anilines is 1. The van der Waals surface area contributed by atoms with Crippen LogP contribution in [0.1, 0.15) is 12.8 Å². The molecule has 10 heteroatoms. The Morgan fingerprint density at radius 2 is 2.32 bits per heavy atom. The normalized spacial score (nSPS) is 16.4. The molecule has 7 nitrogen and oxygen atoms in total. The van der Waals surface area contributed by atoms with Gasteiger partial charge in [0, 0.05) is 12.8 Å². The van der Waals surface area contributed by atoms with Crippen LogP contribution < -0.4 is 5.32 Å². The number of nitrogens with zero attached hydrogens (tertiary/aromatic N) is 4. The Bertz CT molecular complexity index is 924. The van der Waals surface area contributed by atoms with Gasteiger partial charge in [-0.2, -0.15) is 0 Å². The summed E-state index contributed by atoms with van der Waals surface area (Å²) in [6, 6.07) is 7.36. The molecule has 1 saturated heterocycles. The van der Waals surface area contributed by atoms with Crippen LogP contribution in [0.5, 0.6) is 0 Å². The van der Waals surface area contributed by atoms with Gasteiger partial charge in [-0.05, 0) is 36.4 Å². The van der Waals surface area contributed by atoms with E-state index in [0.717, 1.165) is 30.2 Å². The van der Waals surface area contributed by atoms with E-state index in [2.05, 4.69) is 25.1 Å². The Hall–Kier alpha value is -1.94. The number of hydrogen-bond donors (Lipinski definition) is 1. The predicted octanol–water partition coefficient (Wildman–Crippen LogP) is 3.96. The lowest BCUT2D eigenvalue weighted by Gasteiger charge is -2.14. The van der Waals surface area contributed by atoms with Crippen molar-refractivity contribution in [2.75, 3.05) is 17.7 Å². The molecule has 1 N–H and O–H groups in total. The molecule has 1 atom stereocenters. The van der Waals surface area contributed by atoms with Crippen molar-refractivity contribution in [1.82, 2.24) is 19.7 Å². The zero-order chi connectivity index (χ0) is 19.3. The van der Waals surface area contributed by atoms with E-state index in [0.29, 0.717) is 22.5 Å². The average molecular weight is 436 g/mol. The molecule has 1 aliphatic heterocycles. The van der Waals surface area contributed by atoms with Crippen LogP contribution in [0.15, 0.2) is 41.0 Å². The number of carbonyl (C=O) groups excluding carboxylic acids is 1. The number of carbonyl (C=O) groups is 1. The summed E-state index contributed by atoms with van der Waals surface area (Å²) in [7, 11) is 0. The molecular weight excluding hydrogens is 418 g/mol. The quantitative estimate of drug-likeness (QED) is 0.565. The first-order valence-electron chi connectivity index (χ1n) is 8.82. The largest absolute Gasteiger partial charge is 0.376 e. The van der Waals surface area contributed by atoms with Crippen LogP contribution in [0.3, 0.4) is 0 Å². The fourth-order valence-electron chi connectivity index (χ4n) is 2.90. The molecule has 0 unspecified atom stereocenters. The van der Waals surface area contributed by atoms with Gasteiger partial charge < -0.3 is 10.1 Å². The molecule has 0 aliphatic carbocycles. The maximum absolute atomic E-state index is 12.3. The predicted molar refractivity (Wildman–Crippen MR) is 111 cm³/mol. The van der Waals surface area contributed by atoms with E-state index in [4.69, 9.17) is 16.3 Å². The van der Waals surface area contributed by atoms with Gasteiger partial charge in [-0.1, -0.05) is 29.4 Å². The van der Waals surface area contributed by atoms with Crippen molar-refractivity contribution in [2.24, 2.45) is 0 Å². The van der Waals surface area contributed by atoms with Crippen LogP contribution in [-0.2, 0) is 16.1 Å². The smallest absolute Gasteiger partial charge is 0.236 e. The van der Waals surface area contributed by atoms with E-state index in [-0.39, 0.29) is 17.8 Å². The molecule has 146 valence electrons. The molecule has 1 aliphatic rings. The molecule has 0 spiro atoms. The van der Waals surface area contributed by atoms with E-state index >= 15 is 0 Å². The van der Waals surface area contributed by atoms with Crippen molar-refractivity contribution in [3.8, 4) is 10.7 Å². The highest BCUT2D eigenvalue weighted by Gasteiger charge is 2.22. The highest BCUT2D eigenvalue weighted by Crippen LogP contribution is 2.29. The van der Waals surface area contributed by atoms with Crippen LogP contribution in [0.25, 0.3) is 10.7 Å². The van der Waals surface area contributed by atoms with E-state index in [1.807, 2.05) is 17.5 Å². The average Bonchev–Trinajstić information content (AvgIpc) is 3.44. The van der Waals surface area contributed by atoms with Gasteiger partial charge in [0.25, 0.3) is 0 Å². The maximum Gasteiger partial charge on any atom is 0.236 e. The lowest BCUT2D eigenvalue weighted by atomic mass is 10.2. The summed E-state index contributed by atoms with van der Waals surface area (Å²) < 4.78 is 7.84. The van der Waals surface area contributed by atoms with Gasteiger partial charge in [-0.15, -0.1) is 21.5 Å². The van der Waals surface area contributed by atoms with Crippen molar-refractivity contribution < 1.29 is 9.53 Å². The Labute approximate surface area is 175 Å². The summed E-state index contributed by atoms with van der Waals surface area (Å²) in [5.74, 6) is 1.32. The summed E-state index contributed by atoms with van der Waals surface area (Å²) >= 11 is 8.78. The van der Waals surface area contributed by atoms with Crippen molar-refractivity contribution in [2.45, 2.75) is 30.6 Å². The van der Waals surface area contributed by atoms with Gasteiger partial charge in [-0.25, -0.2) is 4.98 Å². The molecule has 0 aromatic carbocycles. The highest BCUT2D eigenvalue weighted by molar-refractivity contribution is 7.99. The van der Waals surface area contributed by atoms with E-state index in [1.54, 1.807) is 23.5 Å². The number of thiophene rings is 1.